The lowest BCUT2D eigenvalue weighted by molar-refractivity contribution is -0.116. The molecule has 1 amide bonds. The van der Waals surface area contributed by atoms with Gasteiger partial charge in [0.05, 0.1) is 9.89 Å². The summed E-state index contributed by atoms with van der Waals surface area (Å²) in [7, 11) is 0. The average molecular weight is 316 g/mol. The van der Waals surface area contributed by atoms with Gasteiger partial charge in [-0.15, -0.1) is 11.3 Å². The molecule has 17 heavy (non-hydrogen) atoms. The first kappa shape index (κ1) is 12.8. The molecule has 5 heteroatoms. The van der Waals surface area contributed by atoms with Crippen LogP contribution < -0.4 is 5.32 Å². The highest BCUT2D eigenvalue weighted by atomic mass is 79.9. The van der Waals surface area contributed by atoms with Crippen LogP contribution in [-0.2, 0) is 9.53 Å². The van der Waals surface area contributed by atoms with E-state index in [9.17, 15) is 4.79 Å². The molecule has 1 aromatic rings. The molecule has 0 bridgehead atoms. The molecule has 0 radical (unpaired) electrons. The van der Waals surface area contributed by atoms with Crippen LogP contribution in [0.15, 0.2) is 21.3 Å². The summed E-state index contributed by atoms with van der Waals surface area (Å²) >= 11 is 4.99. The Morgan fingerprint density at radius 2 is 2.59 bits per heavy atom. The molecule has 1 saturated heterocycles. The van der Waals surface area contributed by atoms with Gasteiger partial charge in [-0.25, -0.2) is 0 Å². The Morgan fingerprint density at radius 3 is 3.24 bits per heavy atom. The summed E-state index contributed by atoms with van der Waals surface area (Å²) in [4.78, 5) is 11.5. The molecule has 0 saturated carbocycles. The van der Waals surface area contributed by atoms with Gasteiger partial charge in [-0.3, -0.25) is 4.79 Å². The molecule has 0 aromatic carbocycles. The predicted molar refractivity (Wildman–Crippen MR) is 73.0 cm³/mol. The maximum Gasteiger partial charge on any atom is 0.244 e. The predicted octanol–water partition coefficient (Wildman–Crippen LogP) is 2.82. The Morgan fingerprint density at radius 1 is 1.71 bits per heavy atom. The summed E-state index contributed by atoms with van der Waals surface area (Å²) in [5.74, 6) is -0.0668. The summed E-state index contributed by atoms with van der Waals surface area (Å²) in [6, 6.07) is 1.98. The van der Waals surface area contributed by atoms with Gasteiger partial charge in [0.1, 0.15) is 0 Å². The van der Waals surface area contributed by atoms with Crippen LogP contribution in [0.2, 0.25) is 0 Å². The second-order valence-electron chi connectivity index (χ2n) is 3.90. The molecule has 0 aliphatic carbocycles. The minimum Gasteiger partial charge on any atom is -0.376 e. The number of hydrogen-bond donors (Lipinski definition) is 1. The van der Waals surface area contributed by atoms with Crippen molar-refractivity contribution >= 4 is 39.2 Å². The highest BCUT2D eigenvalue weighted by Gasteiger charge is 2.15. The van der Waals surface area contributed by atoms with Gasteiger partial charge >= 0.3 is 0 Å². The first-order valence-corrected chi connectivity index (χ1v) is 7.23. The highest BCUT2D eigenvalue weighted by molar-refractivity contribution is 9.11. The van der Waals surface area contributed by atoms with Crippen molar-refractivity contribution in [3.8, 4) is 0 Å². The van der Waals surface area contributed by atoms with E-state index in [4.69, 9.17) is 4.74 Å². The molecule has 1 atom stereocenters. The molecule has 2 heterocycles. The summed E-state index contributed by atoms with van der Waals surface area (Å²) in [6.07, 6.45) is 5.71. The summed E-state index contributed by atoms with van der Waals surface area (Å²) < 4.78 is 6.49. The fourth-order valence-corrected chi connectivity index (χ4v) is 2.81. The van der Waals surface area contributed by atoms with Crippen LogP contribution >= 0.6 is 27.3 Å². The number of hydrogen-bond acceptors (Lipinski definition) is 3. The van der Waals surface area contributed by atoms with E-state index >= 15 is 0 Å². The second-order valence-corrected chi connectivity index (χ2v) is 6.19. The smallest absolute Gasteiger partial charge is 0.244 e. The first-order chi connectivity index (χ1) is 8.24. The van der Waals surface area contributed by atoms with Crippen LogP contribution in [0.5, 0.6) is 0 Å². The van der Waals surface area contributed by atoms with Gasteiger partial charge in [0.25, 0.3) is 0 Å². The SMILES string of the molecule is O=C(/C=C\c1csc(Br)c1)NC[C@H]1CCCO1. The van der Waals surface area contributed by atoms with Crippen molar-refractivity contribution in [3.63, 3.8) is 0 Å². The molecule has 92 valence electrons. The van der Waals surface area contributed by atoms with E-state index in [1.807, 2.05) is 17.5 Å². The number of rotatable bonds is 4. The fourth-order valence-electron chi connectivity index (χ4n) is 1.66. The zero-order valence-electron chi connectivity index (χ0n) is 9.32. The van der Waals surface area contributed by atoms with Crippen molar-refractivity contribution in [2.75, 3.05) is 13.2 Å². The van der Waals surface area contributed by atoms with E-state index in [0.29, 0.717) is 6.54 Å². The Bertz CT molecular complexity index is 410. The van der Waals surface area contributed by atoms with Crippen LogP contribution in [0.1, 0.15) is 18.4 Å². The van der Waals surface area contributed by atoms with Crippen LogP contribution in [0.25, 0.3) is 6.08 Å². The topological polar surface area (TPSA) is 38.3 Å². The van der Waals surface area contributed by atoms with Gasteiger partial charge in [-0.1, -0.05) is 0 Å². The van der Waals surface area contributed by atoms with Gasteiger partial charge in [0.2, 0.25) is 5.91 Å². The molecule has 3 nitrogen and oxygen atoms in total. The quantitative estimate of drug-likeness (QED) is 0.868. The number of halogens is 1. The second kappa shape index (κ2) is 6.33. The monoisotopic (exact) mass is 315 g/mol. The number of thiophene rings is 1. The molecular weight excluding hydrogens is 302 g/mol. The molecule has 0 spiro atoms. The zero-order valence-corrected chi connectivity index (χ0v) is 11.7. The van der Waals surface area contributed by atoms with Gasteiger partial charge in [0.15, 0.2) is 0 Å². The van der Waals surface area contributed by atoms with Crippen molar-refractivity contribution in [1.29, 1.82) is 0 Å². The molecule has 1 fully saturated rings. The Labute approximate surface area is 113 Å². The van der Waals surface area contributed by atoms with E-state index in [1.165, 1.54) is 0 Å². The third-order valence-corrected chi connectivity index (χ3v) is 4.07. The van der Waals surface area contributed by atoms with Crippen molar-refractivity contribution in [2.45, 2.75) is 18.9 Å². The number of ether oxygens (including phenoxy) is 1. The van der Waals surface area contributed by atoms with Crippen molar-refractivity contribution in [1.82, 2.24) is 5.32 Å². The van der Waals surface area contributed by atoms with Crippen LogP contribution in [0.4, 0.5) is 0 Å². The molecule has 1 aliphatic rings. The third kappa shape index (κ3) is 4.26. The van der Waals surface area contributed by atoms with E-state index in [0.717, 1.165) is 28.8 Å². The summed E-state index contributed by atoms with van der Waals surface area (Å²) in [5.41, 5.74) is 1.04. The van der Waals surface area contributed by atoms with E-state index in [-0.39, 0.29) is 12.0 Å². The minimum absolute atomic E-state index is 0.0668. The van der Waals surface area contributed by atoms with Crippen molar-refractivity contribution < 1.29 is 9.53 Å². The lowest BCUT2D eigenvalue weighted by Gasteiger charge is -2.08. The number of amides is 1. The first-order valence-electron chi connectivity index (χ1n) is 5.55. The molecule has 1 N–H and O–H groups in total. The Balaban J connectivity index is 1.74. The Kier molecular flexibility index (Phi) is 4.76. The van der Waals surface area contributed by atoms with Gasteiger partial charge in [-0.2, -0.15) is 0 Å². The maximum atomic E-state index is 11.5. The normalized spacial score (nSPS) is 19.9. The minimum atomic E-state index is -0.0668. The lowest BCUT2D eigenvalue weighted by Crippen LogP contribution is -2.30. The third-order valence-electron chi connectivity index (χ3n) is 2.54. The molecular formula is C12H14BrNO2S. The number of carbonyl (C=O) groups is 1. The zero-order chi connectivity index (χ0) is 12.1. The molecule has 1 aromatic heterocycles. The molecule has 0 unspecified atom stereocenters. The number of nitrogens with one attached hydrogen (secondary N) is 1. The van der Waals surface area contributed by atoms with Gasteiger partial charge in [0, 0.05) is 19.2 Å². The molecule has 1 aliphatic heterocycles. The molecule has 2 rings (SSSR count). The van der Waals surface area contributed by atoms with Crippen molar-refractivity contribution in [3.05, 3.63) is 26.9 Å². The van der Waals surface area contributed by atoms with E-state index in [2.05, 4.69) is 21.2 Å². The van der Waals surface area contributed by atoms with Crippen LogP contribution in [0, 0.1) is 0 Å². The maximum absolute atomic E-state index is 11.5. The van der Waals surface area contributed by atoms with Crippen LogP contribution in [-0.4, -0.2) is 25.2 Å². The lowest BCUT2D eigenvalue weighted by atomic mass is 10.2. The fraction of sp³-hybridized carbons (Fsp3) is 0.417. The summed E-state index contributed by atoms with van der Waals surface area (Å²) in [6.45, 7) is 1.43. The number of carbonyl (C=O) groups excluding carboxylic acids is 1. The van der Waals surface area contributed by atoms with E-state index in [1.54, 1.807) is 17.4 Å². The van der Waals surface area contributed by atoms with Gasteiger partial charge < -0.3 is 10.1 Å². The largest absolute Gasteiger partial charge is 0.376 e. The highest BCUT2D eigenvalue weighted by Crippen LogP contribution is 2.21. The summed E-state index contributed by atoms with van der Waals surface area (Å²) in [5, 5.41) is 4.84. The van der Waals surface area contributed by atoms with Crippen molar-refractivity contribution in [2.24, 2.45) is 0 Å². The average Bonchev–Trinajstić information content (AvgIpc) is 2.95. The van der Waals surface area contributed by atoms with E-state index < -0.39 is 0 Å². The standard InChI is InChI=1S/C12H14BrNO2S/c13-11-6-9(8-17-11)3-4-12(15)14-7-10-2-1-5-16-10/h3-4,6,8,10H,1-2,5,7H2,(H,14,15)/b4-3-/t10-/m1/s1. The van der Waals surface area contributed by atoms with Gasteiger partial charge in [-0.05, 0) is 51.9 Å². The van der Waals surface area contributed by atoms with Crippen LogP contribution in [0.3, 0.4) is 0 Å². The Hall–Kier alpha value is -0.650.